The lowest BCUT2D eigenvalue weighted by molar-refractivity contribution is -0.178. The number of carbonyl (C=O) groups is 1. The Hall–Kier alpha value is -0.660. The van der Waals surface area contributed by atoms with Crippen molar-refractivity contribution < 1.29 is 22.7 Å². The standard InChI is InChI=1S/C12H23NO5S/c1-3-13(4-2)11(14)10-19(15,16)9-6-12-17-7-5-8-18-12/h12H,3-10H2,1-2H3. The van der Waals surface area contributed by atoms with Gasteiger partial charge in [-0.15, -0.1) is 0 Å². The lowest BCUT2D eigenvalue weighted by atomic mass is 10.4. The third-order valence-electron chi connectivity index (χ3n) is 3.02. The summed E-state index contributed by atoms with van der Waals surface area (Å²) in [5, 5.41) is 0. The molecule has 1 aliphatic rings. The molecule has 0 unspecified atom stereocenters. The van der Waals surface area contributed by atoms with E-state index in [4.69, 9.17) is 9.47 Å². The van der Waals surface area contributed by atoms with Gasteiger partial charge in [-0.05, 0) is 20.3 Å². The van der Waals surface area contributed by atoms with Crippen molar-refractivity contribution in [2.45, 2.75) is 33.0 Å². The van der Waals surface area contributed by atoms with Crippen LogP contribution in [0.4, 0.5) is 0 Å². The Morgan fingerprint density at radius 3 is 2.32 bits per heavy atom. The quantitative estimate of drug-likeness (QED) is 0.680. The minimum atomic E-state index is -3.40. The van der Waals surface area contributed by atoms with Crippen molar-refractivity contribution in [2.24, 2.45) is 0 Å². The first-order valence-electron chi connectivity index (χ1n) is 6.70. The molecule has 6 nitrogen and oxygen atoms in total. The van der Waals surface area contributed by atoms with Gasteiger partial charge in [0.05, 0.1) is 19.0 Å². The number of hydrogen-bond donors (Lipinski definition) is 0. The Labute approximate surface area is 115 Å². The van der Waals surface area contributed by atoms with Crippen LogP contribution in [0.5, 0.6) is 0 Å². The average Bonchev–Trinajstić information content (AvgIpc) is 2.38. The number of ether oxygens (including phenoxy) is 2. The molecule has 112 valence electrons. The molecule has 1 saturated heterocycles. The van der Waals surface area contributed by atoms with Gasteiger partial charge in [-0.25, -0.2) is 8.42 Å². The molecule has 0 bridgehead atoms. The summed E-state index contributed by atoms with van der Waals surface area (Å²) in [4.78, 5) is 13.3. The zero-order valence-corrected chi connectivity index (χ0v) is 12.4. The van der Waals surface area contributed by atoms with Crippen LogP contribution in [0.2, 0.25) is 0 Å². The third kappa shape index (κ3) is 5.88. The van der Waals surface area contributed by atoms with Crippen LogP contribution in [-0.4, -0.2) is 63.3 Å². The number of sulfone groups is 1. The van der Waals surface area contributed by atoms with E-state index in [9.17, 15) is 13.2 Å². The van der Waals surface area contributed by atoms with E-state index in [1.54, 1.807) is 0 Å². The smallest absolute Gasteiger partial charge is 0.237 e. The second-order valence-corrected chi connectivity index (χ2v) is 6.66. The van der Waals surface area contributed by atoms with E-state index in [2.05, 4.69) is 0 Å². The predicted octanol–water partition coefficient (Wildman–Crippen LogP) is 0.423. The van der Waals surface area contributed by atoms with E-state index in [1.807, 2.05) is 13.8 Å². The van der Waals surface area contributed by atoms with Crippen LogP contribution in [0.25, 0.3) is 0 Å². The van der Waals surface area contributed by atoms with E-state index in [0.29, 0.717) is 26.3 Å². The van der Waals surface area contributed by atoms with Gasteiger partial charge < -0.3 is 14.4 Å². The van der Waals surface area contributed by atoms with Gasteiger partial charge in [-0.3, -0.25) is 4.79 Å². The largest absolute Gasteiger partial charge is 0.353 e. The summed E-state index contributed by atoms with van der Waals surface area (Å²) < 4.78 is 34.3. The molecule has 0 spiro atoms. The van der Waals surface area contributed by atoms with Crippen molar-refractivity contribution in [2.75, 3.05) is 37.8 Å². The van der Waals surface area contributed by atoms with E-state index < -0.39 is 21.9 Å². The van der Waals surface area contributed by atoms with E-state index in [0.717, 1.165) is 6.42 Å². The molecule has 0 atom stereocenters. The predicted molar refractivity (Wildman–Crippen MR) is 71.5 cm³/mol. The van der Waals surface area contributed by atoms with E-state index in [1.165, 1.54) is 4.90 Å². The van der Waals surface area contributed by atoms with Crippen LogP contribution in [0.1, 0.15) is 26.7 Å². The third-order valence-corrected chi connectivity index (χ3v) is 4.56. The number of hydrogen-bond acceptors (Lipinski definition) is 5. The van der Waals surface area contributed by atoms with Crippen molar-refractivity contribution >= 4 is 15.7 Å². The Kier molecular flexibility index (Phi) is 6.74. The number of carbonyl (C=O) groups excluding carboxylic acids is 1. The highest BCUT2D eigenvalue weighted by molar-refractivity contribution is 7.92. The first kappa shape index (κ1) is 16.4. The normalized spacial score (nSPS) is 17.4. The van der Waals surface area contributed by atoms with Gasteiger partial charge in [-0.2, -0.15) is 0 Å². The Bertz CT molecular complexity index is 372. The minimum Gasteiger partial charge on any atom is -0.353 e. The molecule has 1 aliphatic heterocycles. The molecule has 1 heterocycles. The zero-order chi connectivity index (χ0) is 14.3. The summed E-state index contributed by atoms with van der Waals surface area (Å²) in [6, 6.07) is 0. The monoisotopic (exact) mass is 293 g/mol. The Morgan fingerprint density at radius 2 is 1.79 bits per heavy atom. The maximum Gasteiger partial charge on any atom is 0.237 e. The highest BCUT2D eigenvalue weighted by Gasteiger charge is 2.23. The second kappa shape index (κ2) is 7.81. The van der Waals surface area contributed by atoms with Crippen molar-refractivity contribution in [3.63, 3.8) is 0 Å². The molecule has 0 aromatic heterocycles. The SMILES string of the molecule is CCN(CC)C(=O)CS(=O)(=O)CCC1OCCCO1. The summed E-state index contributed by atoms with van der Waals surface area (Å²) in [7, 11) is -3.40. The topological polar surface area (TPSA) is 72.9 Å². The van der Waals surface area contributed by atoms with Crippen LogP contribution in [0, 0.1) is 0 Å². The molecular formula is C12H23NO5S. The van der Waals surface area contributed by atoms with Gasteiger partial charge in [0.25, 0.3) is 0 Å². The van der Waals surface area contributed by atoms with Gasteiger partial charge in [0.1, 0.15) is 5.75 Å². The number of rotatable bonds is 7. The fourth-order valence-electron chi connectivity index (χ4n) is 1.91. The van der Waals surface area contributed by atoms with Crippen LogP contribution in [0.15, 0.2) is 0 Å². The molecule has 0 radical (unpaired) electrons. The molecular weight excluding hydrogens is 270 g/mol. The van der Waals surface area contributed by atoms with Gasteiger partial charge >= 0.3 is 0 Å². The minimum absolute atomic E-state index is 0.0787. The van der Waals surface area contributed by atoms with E-state index >= 15 is 0 Å². The second-order valence-electron chi connectivity index (χ2n) is 4.47. The van der Waals surface area contributed by atoms with Crippen molar-refractivity contribution in [3.8, 4) is 0 Å². The summed E-state index contributed by atoms with van der Waals surface area (Å²) in [5.74, 6) is -0.845. The number of nitrogens with zero attached hydrogens (tertiary/aromatic N) is 1. The molecule has 1 fully saturated rings. The molecule has 1 amide bonds. The van der Waals surface area contributed by atoms with Crippen LogP contribution in [-0.2, 0) is 24.1 Å². The highest BCUT2D eigenvalue weighted by atomic mass is 32.2. The maximum absolute atomic E-state index is 11.9. The highest BCUT2D eigenvalue weighted by Crippen LogP contribution is 2.10. The first-order valence-corrected chi connectivity index (χ1v) is 8.52. The van der Waals surface area contributed by atoms with Crippen LogP contribution in [0.3, 0.4) is 0 Å². The summed E-state index contributed by atoms with van der Waals surface area (Å²) in [5.41, 5.74) is 0. The zero-order valence-electron chi connectivity index (χ0n) is 11.6. The lowest BCUT2D eigenvalue weighted by Crippen LogP contribution is -2.36. The molecule has 19 heavy (non-hydrogen) atoms. The molecule has 0 aromatic rings. The van der Waals surface area contributed by atoms with Crippen molar-refractivity contribution in [1.29, 1.82) is 0 Å². The summed E-state index contributed by atoms with van der Waals surface area (Å²) >= 11 is 0. The van der Waals surface area contributed by atoms with Crippen molar-refractivity contribution in [1.82, 2.24) is 4.90 Å². The summed E-state index contributed by atoms with van der Waals surface area (Å²) in [6.45, 7) is 5.92. The number of amides is 1. The molecule has 0 N–H and O–H groups in total. The molecule has 1 rings (SSSR count). The molecule has 0 aliphatic carbocycles. The molecule has 0 aromatic carbocycles. The van der Waals surface area contributed by atoms with Crippen molar-refractivity contribution in [3.05, 3.63) is 0 Å². The Morgan fingerprint density at radius 1 is 1.21 bits per heavy atom. The van der Waals surface area contributed by atoms with Gasteiger partial charge in [0.2, 0.25) is 5.91 Å². The average molecular weight is 293 g/mol. The van der Waals surface area contributed by atoms with Gasteiger partial charge in [-0.1, -0.05) is 0 Å². The Balaban J connectivity index is 2.40. The van der Waals surface area contributed by atoms with Crippen LogP contribution < -0.4 is 0 Å². The van der Waals surface area contributed by atoms with Gasteiger partial charge in [0, 0.05) is 19.5 Å². The fourth-order valence-corrected chi connectivity index (χ4v) is 3.16. The van der Waals surface area contributed by atoms with Gasteiger partial charge in [0.15, 0.2) is 16.1 Å². The molecule has 7 heteroatoms. The summed E-state index contributed by atoms with van der Waals surface area (Å²) in [6.07, 6.45) is 0.671. The van der Waals surface area contributed by atoms with E-state index in [-0.39, 0.29) is 18.1 Å². The fraction of sp³-hybridized carbons (Fsp3) is 0.917. The lowest BCUT2D eigenvalue weighted by Gasteiger charge is -2.23. The molecule has 0 saturated carbocycles. The van der Waals surface area contributed by atoms with Crippen LogP contribution >= 0.6 is 0 Å². The maximum atomic E-state index is 11.9. The first-order chi connectivity index (χ1) is 8.98.